The second kappa shape index (κ2) is 8.52. The van der Waals surface area contributed by atoms with E-state index < -0.39 is 11.7 Å². The fourth-order valence-electron chi connectivity index (χ4n) is 2.53. The quantitative estimate of drug-likeness (QED) is 0.438. The highest BCUT2D eigenvalue weighted by Crippen LogP contribution is 2.30. The second-order valence-electron chi connectivity index (χ2n) is 6.09. The number of aliphatic imine (C=N–C) groups is 1. The van der Waals surface area contributed by atoms with E-state index in [1.165, 1.54) is 23.7 Å². The number of aromatic nitrogens is 1. The number of ether oxygens (including phenoxy) is 1. The number of anilines is 1. The zero-order valence-corrected chi connectivity index (χ0v) is 16.6. The van der Waals surface area contributed by atoms with Gasteiger partial charge in [0.25, 0.3) is 0 Å². The predicted molar refractivity (Wildman–Crippen MR) is 108 cm³/mol. The summed E-state index contributed by atoms with van der Waals surface area (Å²) in [6.45, 7) is 4.32. The number of alkyl halides is 3. The highest BCUT2D eigenvalue weighted by Gasteiger charge is 2.29. The molecule has 29 heavy (non-hydrogen) atoms. The summed E-state index contributed by atoms with van der Waals surface area (Å²) in [5.74, 6) is 1.04. The first-order chi connectivity index (χ1) is 13.8. The van der Waals surface area contributed by atoms with Gasteiger partial charge in [0.1, 0.15) is 11.2 Å². The molecule has 0 saturated carbocycles. The van der Waals surface area contributed by atoms with Gasteiger partial charge in [-0.3, -0.25) is 5.41 Å². The van der Waals surface area contributed by atoms with Crippen LogP contribution in [-0.2, 0) is 6.18 Å². The van der Waals surface area contributed by atoms with Crippen LogP contribution in [0, 0.1) is 12.3 Å². The molecule has 5 nitrogen and oxygen atoms in total. The zero-order valence-electron chi connectivity index (χ0n) is 15.7. The maximum Gasteiger partial charge on any atom is 0.416 e. The van der Waals surface area contributed by atoms with Crippen molar-refractivity contribution in [2.45, 2.75) is 20.0 Å². The van der Waals surface area contributed by atoms with Crippen LogP contribution in [-0.4, -0.2) is 16.5 Å². The highest BCUT2D eigenvalue weighted by atomic mass is 32.1. The molecule has 2 aromatic carbocycles. The molecule has 0 fully saturated rings. The van der Waals surface area contributed by atoms with Crippen molar-refractivity contribution < 1.29 is 17.9 Å². The number of nitrogens with one attached hydrogen (secondary N) is 2. The zero-order chi connectivity index (χ0) is 21.0. The minimum Gasteiger partial charge on any atom is -0.494 e. The lowest BCUT2D eigenvalue weighted by atomic mass is 10.2. The van der Waals surface area contributed by atoms with Gasteiger partial charge in [0, 0.05) is 10.6 Å². The minimum absolute atomic E-state index is 0.219. The minimum atomic E-state index is -4.40. The van der Waals surface area contributed by atoms with E-state index in [4.69, 9.17) is 10.1 Å². The molecule has 1 heterocycles. The standard InChI is InChI=1S/C20H19F3N4OS/c1-3-28-17-10-8-16(9-11-17)26-19(27-18(24)12-13(2)29-27)25-15-6-4-14(5-7-15)20(21,22)23/h4-12,24H,3H2,1-2H3,(H,25,26). The predicted octanol–water partition coefficient (Wildman–Crippen LogP) is 5.40. The van der Waals surface area contributed by atoms with Crippen LogP contribution >= 0.6 is 11.5 Å². The fraction of sp³-hybridized carbons (Fsp3) is 0.200. The molecule has 0 atom stereocenters. The van der Waals surface area contributed by atoms with Crippen LogP contribution in [0.2, 0.25) is 0 Å². The average molecular weight is 420 g/mol. The molecule has 0 aliphatic rings. The van der Waals surface area contributed by atoms with Crippen LogP contribution < -0.4 is 15.5 Å². The van der Waals surface area contributed by atoms with E-state index in [0.29, 0.717) is 23.9 Å². The lowest BCUT2D eigenvalue weighted by Crippen LogP contribution is -2.28. The molecular formula is C20H19F3N4OS. The van der Waals surface area contributed by atoms with Crippen molar-refractivity contribution in [1.29, 1.82) is 5.41 Å². The molecule has 1 aromatic heterocycles. The van der Waals surface area contributed by atoms with Crippen molar-refractivity contribution in [3.63, 3.8) is 0 Å². The van der Waals surface area contributed by atoms with Crippen LogP contribution in [0.4, 0.5) is 24.5 Å². The van der Waals surface area contributed by atoms with Crippen LogP contribution in [0.25, 0.3) is 0 Å². The topological polar surface area (TPSA) is 62.4 Å². The molecule has 0 amide bonds. The summed E-state index contributed by atoms with van der Waals surface area (Å²) in [5.41, 5.74) is 0.524. The lowest BCUT2D eigenvalue weighted by molar-refractivity contribution is -0.137. The molecule has 0 aliphatic heterocycles. The molecule has 9 heteroatoms. The van der Waals surface area contributed by atoms with Crippen LogP contribution in [0.15, 0.2) is 59.6 Å². The number of aryl methyl sites for hydroxylation is 1. The van der Waals surface area contributed by atoms with Crippen molar-refractivity contribution in [2.24, 2.45) is 4.99 Å². The van der Waals surface area contributed by atoms with Gasteiger partial charge in [-0.15, -0.1) is 0 Å². The van der Waals surface area contributed by atoms with Crippen molar-refractivity contribution in [3.8, 4) is 5.75 Å². The SMILES string of the molecule is CCOc1ccc(NC(=Nc2ccc(C(F)(F)F)cc2)n2sc(C)cc2=N)cc1. The van der Waals surface area contributed by atoms with E-state index >= 15 is 0 Å². The number of hydrogen-bond acceptors (Lipinski definition) is 4. The molecule has 0 unspecified atom stereocenters. The Labute approximate surface area is 169 Å². The Morgan fingerprint density at radius 3 is 2.31 bits per heavy atom. The molecule has 2 N–H and O–H groups in total. The van der Waals surface area contributed by atoms with Gasteiger partial charge in [-0.1, -0.05) is 11.5 Å². The van der Waals surface area contributed by atoms with Gasteiger partial charge in [-0.25, -0.2) is 8.95 Å². The summed E-state index contributed by atoms with van der Waals surface area (Å²) < 4.78 is 45.4. The Hall–Kier alpha value is -3.07. The van der Waals surface area contributed by atoms with Crippen LogP contribution in [0.5, 0.6) is 5.75 Å². The highest BCUT2D eigenvalue weighted by molar-refractivity contribution is 7.07. The lowest BCUT2D eigenvalue weighted by Gasteiger charge is -2.12. The summed E-state index contributed by atoms with van der Waals surface area (Å²) in [6.07, 6.45) is -4.40. The average Bonchev–Trinajstić information content (AvgIpc) is 3.01. The molecule has 0 bridgehead atoms. The van der Waals surface area contributed by atoms with Crippen molar-refractivity contribution in [3.05, 3.63) is 70.5 Å². The van der Waals surface area contributed by atoms with Crippen LogP contribution in [0.1, 0.15) is 17.4 Å². The molecule has 0 saturated heterocycles. The third-order valence-electron chi connectivity index (χ3n) is 3.84. The van der Waals surface area contributed by atoms with Gasteiger partial charge in [0.2, 0.25) is 5.96 Å². The summed E-state index contributed by atoms with van der Waals surface area (Å²) in [7, 11) is 0. The molecule has 3 rings (SSSR count). The summed E-state index contributed by atoms with van der Waals surface area (Å²) in [5, 5.41) is 11.3. The first kappa shape index (κ1) is 20.7. The van der Waals surface area contributed by atoms with E-state index in [1.54, 1.807) is 34.3 Å². The van der Waals surface area contributed by atoms with E-state index in [9.17, 15) is 13.2 Å². The summed E-state index contributed by atoms with van der Waals surface area (Å²) in [4.78, 5) is 5.35. The Bertz CT molecular complexity index is 1050. The van der Waals surface area contributed by atoms with E-state index in [2.05, 4.69) is 10.3 Å². The van der Waals surface area contributed by atoms with Crippen molar-refractivity contribution in [2.75, 3.05) is 11.9 Å². The first-order valence-corrected chi connectivity index (χ1v) is 9.54. The number of hydrogen-bond donors (Lipinski definition) is 2. The third-order valence-corrected chi connectivity index (χ3v) is 4.80. The smallest absolute Gasteiger partial charge is 0.416 e. The van der Waals surface area contributed by atoms with E-state index in [1.807, 2.05) is 13.8 Å². The molecule has 152 valence electrons. The number of halogens is 3. The largest absolute Gasteiger partial charge is 0.494 e. The van der Waals surface area contributed by atoms with Crippen molar-refractivity contribution >= 4 is 28.9 Å². The molecule has 0 aliphatic carbocycles. The summed E-state index contributed by atoms with van der Waals surface area (Å²) >= 11 is 1.31. The Balaban J connectivity index is 1.96. The number of benzene rings is 2. The molecule has 0 spiro atoms. The second-order valence-corrected chi connectivity index (χ2v) is 7.28. The third kappa shape index (κ3) is 5.26. The fourth-order valence-corrected chi connectivity index (χ4v) is 3.31. The number of rotatable bonds is 4. The number of nitrogens with zero attached hydrogens (tertiary/aromatic N) is 2. The Morgan fingerprint density at radius 1 is 1.14 bits per heavy atom. The summed E-state index contributed by atoms with van der Waals surface area (Å²) in [6, 6.07) is 13.5. The van der Waals surface area contributed by atoms with Gasteiger partial charge < -0.3 is 10.1 Å². The van der Waals surface area contributed by atoms with E-state index in [0.717, 1.165) is 22.8 Å². The maximum atomic E-state index is 12.8. The maximum absolute atomic E-state index is 12.8. The van der Waals surface area contributed by atoms with Gasteiger partial charge in [-0.05, 0) is 68.4 Å². The van der Waals surface area contributed by atoms with E-state index in [-0.39, 0.29) is 5.49 Å². The molecule has 0 radical (unpaired) electrons. The van der Waals surface area contributed by atoms with Gasteiger partial charge >= 0.3 is 6.18 Å². The Morgan fingerprint density at radius 2 is 1.79 bits per heavy atom. The van der Waals surface area contributed by atoms with Crippen LogP contribution in [0.3, 0.4) is 0 Å². The first-order valence-electron chi connectivity index (χ1n) is 8.77. The molecular weight excluding hydrogens is 401 g/mol. The van der Waals surface area contributed by atoms with Crippen molar-refractivity contribution in [1.82, 2.24) is 3.96 Å². The monoisotopic (exact) mass is 420 g/mol. The van der Waals surface area contributed by atoms with Gasteiger partial charge in [0.15, 0.2) is 0 Å². The van der Waals surface area contributed by atoms with Gasteiger partial charge in [0.05, 0.1) is 17.9 Å². The van der Waals surface area contributed by atoms with Gasteiger partial charge in [-0.2, -0.15) is 13.2 Å². The normalized spacial score (nSPS) is 12.1. The Kier molecular flexibility index (Phi) is 6.07. The molecule has 3 aromatic rings.